The van der Waals surface area contributed by atoms with Crippen molar-refractivity contribution >= 4 is 16.9 Å². The van der Waals surface area contributed by atoms with Crippen molar-refractivity contribution < 1.29 is 19.1 Å². The molecule has 2 atom stereocenters. The number of benzene rings is 2. The van der Waals surface area contributed by atoms with Gasteiger partial charge in [0.2, 0.25) is 0 Å². The van der Waals surface area contributed by atoms with Crippen LogP contribution in [-0.4, -0.2) is 23.7 Å². The molecule has 0 spiro atoms. The number of aryl methyl sites for hydroxylation is 1. The molecule has 0 aliphatic rings. The van der Waals surface area contributed by atoms with Crippen molar-refractivity contribution in [1.82, 2.24) is 5.32 Å². The number of ether oxygens (including phenoxy) is 1. The van der Waals surface area contributed by atoms with Gasteiger partial charge >= 0.3 is 5.63 Å². The van der Waals surface area contributed by atoms with Gasteiger partial charge in [-0.15, -0.1) is 0 Å². The smallest absolute Gasteiger partial charge is 0.336 e. The van der Waals surface area contributed by atoms with Gasteiger partial charge in [0.1, 0.15) is 11.3 Å². The van der Waals surface area contributed by atoms with Crippen LogP contribution in [-0.2, 0) is 11.2 Å². The van der Waals surface area contributed by atoms with Gasteiger partial charge in [0, 0.05) is 24.1 Å². The molecular formula is C24H27NO5. The van der Waals surface area contributed by atoms with Gasteiger partial charge < -0.3 is 19.6 Å². The van der Waals surface area contributed by atoms with E-state index in [2.05, 4.69) is 12.2 Å². The third kappa shape index (κ3) is 5.48. The van der Waals surface area contributed by atoms with Crippen LogP contribution in [0.25, 0.3) is 11.0 Å². The normalized spacial score (nSPS) is 13.0. The highest BCUT2D eigenvalue weighted by Gasteiger charge is 2.17. The van der Waals surface area contributed by atoms with Crippen molar-refractivity contribution in [2.45, 2.75) is 45.3 Å². The second-order valence-corrected chi connectivity index (χ2v) is 7.28. The van der Waals surface area contributed by atoms with E-state index in [0.717, 1.165) is 35.8 Å². The van der Waals surface area contributed by atoms with E-state index in [0.29, 0.717) is 11.3 Å². The molecule has 2 aromatic carbocycles. The molecule has 1 amide bonds. The fourth-order valence-corrected chi connectivity index (χ4v) is 3.25. The van der Waals surface area contributed by atoms with E-state index < -0.39 is 17.8 Å². The number of aliphatic hydroxyl groups is 1. The molecule has 30 heavy (non-hydrogen) atoms. The number of amides is 1. The van der Waals surface area contributed by atoms with Crippen molar-refractivity contribution in [1.29, 1.82) is 0 Å². The van der Waals surface area contributed by atoms with Crippen LogP contribution in [0.15, 0.2) is 63.8 Å². The molecular weight excluding hydrogens is 382 g/mol. The lowest BCUT2D eigenvalue weighted by Crippen LogP contribution is -2.38. The molecule has 0 aliphatic heterocycles. The van der Waals surface area contributed by atoms with E-state index in [1.165, 1.54) is 6.07 Å². The van der Waals surface area contributed by atoms with Gasteiger partial charge in [-0.05, 0) is 43.0 Å². The number of rotatable bonds is 9. The van der Waals surface area contributed by atoms with Crippen molar-refractivity contribution in [2.24, 2.45) is 0 Å². The minimum Gasteiger partial charge on any atom is -0.481 e. The zero-order chi connectivity index (χ0) is 21.5. The minimum atomic E-state index is -0.793. The first kappa shape index (κ1) is 21.6. The highest BCUT2D eigenvalue weighted by atomic mass is 16.5. The van der Waals surface area contributed by atoms with E-state index in [-0.39, 0.29) is 12.5 Å². The van der Waals surface area contributed by atoms with E-state index in [4.69, 9.17) is 9.15 Å². The Morgan fingerprint density at radius 3 is 2.67 bits per heavy atom. The molecule has 3 rings (SSSR count). The molecule has 3 aromatic rings. The standard InChI is InChI=1S/C24H27NO5/c1-3-4-8-18-13-23(27)30-22-14-19(11-12-20(18)22)29-16(2)24(28)25-15-21(26)17-9-6-5-7-10-17/h5-7,9-14,16,21,26H,3-4,8,15H2,1-2H3,(H,25,28)/t16-,21+/m0/s1. The molecule has 0 saturated heterocycles. The van der Waals surface area contributed by atoms with Crippen molar-refractivity contribution in [3.63, 3.8) is 0 Å². The van der Waals surface area contributed by atoms with Crippen LogP contribution >= 0.6 is 0 Å². The second-order valence-electron chi connectivity index (χ2n) is 7.28. The Hall–Kier alpha value is -3.12. The van der Waals surface area contributed by atoms with Gasteiger partial charge in [0.25, 0.3) is 5.91 Å². The summed E-state index contributed by atoms with van der Waals surface area (Å²) < 4.78 is 11.1. The largest absolute Gasteiger partial charge is 0.481 e. The van der Waals surface area contributed by atoms with Crippen LogP contribution < -0.4 is 15.7 Å². The number of fused-ring (bicyclic) bond motifs is 1. The average molecular weight is 409 g/mol. The maximum atomic E-state index is 12.4. The Morgan fingerprint density at radius 2 is 1.93 bits per heavy atom. The van der Waals surface area contributed by atoms with Crippen LogP contribution in [0, 0.1) is 0 Å². The van der Waals surface area contributed by atoms with Crippen LogP contribution in [0.5, 0.6) is 5.75 Å². The number of carbonyl (C=O) groups excluding carboxylic acids is 1. The maximum absolute atomic E-state index is 12.4. The summed E-state index contributed by atoms with van der Waals surface area (Å²) in [6.45, 7) is 3.82. The lowest BCUT2D eigenvalue weighted by molar-refractivity contribution is -0.127. The monoisotopic (exact) mass is 409 g/mol. The van der Waals surface area contributed by atoms with Gasteiger partial charge in [0.05, 0.1) is 6.10 Å². The predicted molar refractivity (Wildman–Crippen MR) is 116 cm³/mol. The van der Waals surface area contributed by atoms with E-state index >= 15 is 0 Å². The summed E-state index contributed by atoms with van der Waals surface area (Å²) in [4.78, 5) is 24.2. The predicted octanol–water partition coefficient (Wildman–Crippen LogP) is 3.75. The molecule has 0 unspecified atom stereocenters. The molecule has 1 aromatic heterocycles. The zero-order valence-corrected chi connectivity index (χ0v) is 17.3. The Morgan fingerprint density at radius 1 is 1.17 bits per heavy atom. The Balaban J connectivity index is 1.64. The fraction of sp³-hybridized carbons (Fsp3) is 0.333. The molecule has 0 radical (unpaired) electrons. The summed E-state index contributed by atoms with van der Waals surface area (Å²) >= 11 is 0. The van der Waals surface area contributed by atoms with Gasteiger partial charge in [0.15, 0.2) is 6.10 Å². The summed E-state index contributed by atoms with van der Waals surface area (Å²) in [6.07, 6.45) is 1.26. The number of unbranched alkanes of at least 4 members (excludes halogenated alkanes) is 1. The molecule has 6 nitrogen and oxygen atoms in total. The minimum absolute atomic E-state index is 0.0872. The average Bonchev–Trinajstić information content (AvgIpc) is 2.75. The fourth-order valence-electron chi connectivity index (χ4n) is 3.25. The Bertz CT molecular complexity index is 1040. The van der Waals surface area contributed by atoms with Crippen LogP contribution in [0.1, 0.15) is 43.9 Å². The van der Waals surface area contributed by atoms with Crippen molar-refractivity contribution in [3.8, 4) is 5.75 Å². The third-order valence-electron chi connectivity index (χ3n) is 4.94. The molecule has 6 heteroatoms. The van der Waals surface area contributed by atoms with E-state index in [9.17, 15) is 14.7 Å². The molecule has 158 valence electrons. The summed E-state index contributed by atoms with van der Waals surface area (Å²) in [7, 11) is 0. The zero-order valence-electron chi connectivity index (χ0n) is 17.3. The highest BCUT2D eigenvalue weighted by Crippen LogP contribution is 2.24. The first-order valence-corrected chi connectivity index (χ1v) is 10.2. The SMILES string of the molecule is CCCCc1cc(=O)oc2cc(O[C@@H](C)C(=O)NC[C@@H](O)c3ccccc3)ccc12. The molecule has 0 fully saturated rings. The van der Waals surface area contributed by atoms with E-state index in [1.54, 1.807) is 31.2 Å². The van der Waals surface area contributed by atoms with E-state index in [1.807, 2.05) is 24.3 Å². The van der Waals surface area contributed by atoms with Crippen LogP contribution in [0.3, 0.4) is 0 Å². The van der Waals surface area contributed by atoms with Gasteiger partial charge in [-0.1, -0.05) is 43.7 Å². The number of carbonyl (C=O) groups is 1. The second kappa shape index (κ2) is 10.1. The summed E-state index contributed by atoms with van der Waals surface area (Å²) in [5.41, 5.74) is 1.73. The summed E-state index contributed by atoms with van der Waals surface area (Å²) in [6, 6.07) is 15.9. The third-order valence-corrected chi connectivity index (χ3v) is 4.94. The van der Waals surface area contributed by atoms with Crippen LogP contribution in [0.4, 0.5) is 0 Å². The Labute approximate surface area is 175 Å². The summed E-state index contributed by atoms with van der Waals surface area (Å²) in [5, 5.41) is 13.7. The molecule has 0 aliphatic carbocycles. The number of aliphatic hydroxyl groups excluding tert-OH is 1. The highest BCUT2D eigenvalue weighted by molar-refractivity contribution is 5.83. The first-order valence-electron chi connectivity index (χ1n) is 10.2. The van der Waals surface area contributed by atoms with Gasteiger partial charge in [-0.25, -0.2) is 4.79 Å². The maximum Gasteiger partial charge on any atom is 0.336 e. The summed E-state index contributed by atoms with van der Waals surface area (Å²) in [5.74, 6) is 0.0905. The molecule has 2 N–H and O–H groups in total. The Kier molecular flexibility index (Phi) is 7.25. The number of hydrogen-bond acceptors (Lipinski definition) is 5. The molecule has 0 saturated carbocycles. The van der Waals surface area contributed by atoms with Crippen molar-refractivity contribution in [2.75, 3.05) is 6.54 Å². The number of hydrogen-bond donors (Lipinski definition) is 2. The van der Waals surface area contributed by atoms with Crippen LogP contribution in [0.2, 0.25) is 0 Å². The molecule has 0 bridgehead atoms. The topological polar surface area (TPSA) is 88.8 Å². The van der Waals surface area contributed by atoms with Gasteiger partial charge in [-0.2, -0.15) is 0 Å². The molecule has 1 heterocycles. The number of nitrogens with one attached hydrogen (secondary N) is 1. The lowest BCUT2D eigenvalue weighted by Gasteiger charge is -2.17. The first-order chi connectivity index (χ1) is 14.5. The van der Waals surface area contributed by atoms with Crippen molar-refractivity contribution in [3.05, 3.63) is 76.1 Å². The van der Waals surface area contributed by atoms with Gasteiger partial charge in [-0.3, -0.25) is 4.79 Å². The quantitative estimate of drug-likeness (QED) is 0.526. The lowest BCUT2D eigenvalue weighted by atomic mass is 10.0.